The second-order valence-electron chi connectivity index (χ2n) is 4.25. The minimum absolute atomic E-state index is 0.105. The number of pyridine rings is 1. The molecule has 2 heterocycles. The van der Waals surface area contributed by atoms with Gasteiger partial charge in [-0.15, -0.1) is 0 Å². The topological polar surface area (TPSA) is 97.2 Å². The number of carboxylic acids is 1. The molecule has 0 amide bonds. The van der Waals surface area contributed by atoms with Crippen LogP contribution in [-0.2, 0) is 4.79 Å². The van der Waals surface area contributed by atoms with Crippen molar-refractivity contribution < 1.29 is 14.6 Å². The molecular weight excluding hydrogens is 272 g/mol. The van der Waals surface area contributed by atoms with Gasteiger partial charge < -0.3 is 15.2 Å². The Balaban J connectivity index is 2.12. The number of aromatic nitrogens is 3. The summed E-state index contributed by atoms with van der Waals surface area (Å²) in [6.45, 7) is 0.487. The van der Waals surface area contributed by atoms with Crippen molar-refractivity contribution in [2.24, 2.45) is 0 Å². The molecule has 0 spiro atoms. The van der Waals surface area contributed by atoms with Crippen LogP contribution >= 0.6 is 0 Å². The maximum atomic E-state index is 10.5. The van der Waals surface area contributed by atoms with Crippen LogP contribution in [0.1, 0.15) is 12.8 Å². The first kappa shape index (κ1) is 14.7. The van der Waals surface area contributed by atoms with E-state index in [0.29, 0.717) is 36.1 Å². The van der Waals surface area contributed by atoms with E-state index >= 15 is 0 Å². The van der Waals surface area contributed by atoms with Gasteiger partial charge in [-0.25, -0.2) is 9.97 Å². The lowest BCUT2D eigenvalue weighted by atomic mass is 10.3. The van der Waals surface area contributed by atoms with Crippen LogP contribution in [0.15, 0.2) is 30.6 Å². The molecule has 0 aliphatic carbocycles. The minimum Gasteiger partial charge on any atom is -0.491 e. The minimum atomic E-state index is -0.819. The number of nitrogens with one attached hydrogen (secondary N) is 1. The molecule has 2 aromatic heterocycles. The Morgan fingerprint density at radius 2 is 2.24 bits per heavy atom. The Labute approximate surface area is 122 Å². The first-order chi connectivity index (χ1) is 10.2. The molecule has 0 bridgehead atoms. The molecule has 0 saturated carbocycles. The number of aliphatic carboxylic acids is 1. The molecule has 2 aromatic rings. The molecule has 7 heteroatoms. The molecule has 0 aliphatic heterocycles. The van der Waals surface area contributed by atoms with Gasteiger partial charge in [0.05, 0.1) is 13.3 Å². The van der Waals surface area contributed by atoms with E-state index < -0.39 is 5.97 Å². The van der Waals surface area contributed by atoms with Crippen LogP contribution in [0.25, 0.3) is 11.5 Å². The second kappa shape index (κ2) is 7.18. The quantitative estimate of drug-likeness (QED) is 0.750. The van der Waals surface area contributed by atoms with Gasteiger partial charge in [-0.05, 0) is 18.6 Å². The largest absolute Gasteiger partial charge is 0.491 e. The third-order valence-electron chi connectivity index (χ3n) is 2.73. The van der Waals surface area contributed by atoms with Crippen molar-refractivity contribution >= 4 is 11.8 Å². The van der Waals surface area contributed by atoms with Gasteiger partial charge in [-0.1, -0.05) is 6.07 Å². The Morgan fingerprint density at radius 3 is 2.90 bits per heavy atom. The standard InChI is InChI=1S/C14H16N4O3/c1-21-11-9-17-13(10-5-2-3-7-15-10)18-14(11)16-8-4-6-12(19)20/h2-3,5,7,9H,4,6,8H2,1H3,(H,19,20)(H,16,17,18). The van der Waals surface area contributed by atoms with Crippen molar-refractivity contribution in [1.82, 2.24) is 15.0 Å². The van der Waals surface area contributed by atoms with Crippen LogP contribution in [0.2, 0.25) is 0 Å². The molecule has 0 atom stereocenters. The molecule has 0 fully saturated rings. The van der Waals surface area contributed by atoms with Crippen LogP contribution < -0.4 is 10.1 Å². The third kappa shape index (κ3) is 4.13. The Hall–Kier alpha value is -2.70. The lowest BCUT2D eigenvalue weighted by Crippen LogP contribution is -2.08. The zero-order chi connectivity index (χ0) is 15.1. The molecule has 2 N–H and O–H groups in total. The van der Waals surface area contributed by atoms with Crippen molar-refractivity contribution in [2.75, 3.05) is 19.0 Å². The normalized spacial score (nSPS) is 10.1. The summed E-state index contributed by atoms with van der Waals surface area (Å²) in [4.78, 5) is 23.3. The van der Waals surface area contributed by atoms with Gasteiger partial charge in [-0.3, -0.25) is 9.78 Å². The number of rotatable bonds is 7. The highest BCUT2D eigenvalue weighted by atomic mass is 16.5. The lowest BCUT2D eigenvalue weighted by molar-refractivity contribution is -0.137. The molecule has 7 nitrogen and oxygen atoms in total. The fourth-order valence-electron chi connectivity index (χ4n) is 1.71. The molecule has 21 heavy (non-hydrogen) atoms. The van der Waals surface area contributed by atoms with Crippen LogP contribution in [0.5, 0.6) is 5.75 Å². The van der Waals surface area contributed by atoms with Gasteiger partial charge in [0.1, 0.15) is 5.69 Å². The van der Waals surface area contributed by atoms with Gasteiger partial charge in [0.15, 0.2) is 17.4 Å². The zero-order valence-corrected chi connectivity index (χ0v) is 11.6. The fraction of sp³-hybridized carbons (Fsp3) is 0.286. The van der Waals surface area contributed by atoms with E-state index in [1.54, 1.807) is 12.4 Å². The summed E-state index contributed by atoms with van der Waals surface area (Å²) in [6, 6.07) is 5.49. The van der Waals surface area contributed by atoms with E-state index in [4.69, 9.17) is 9.84 Å². The Morgan fingerprint density at radius 1 is 1.38 bits per heavy atom. The highest BCUT2D eigenvalue weighted by molar-refractivity contribution is 5.66. The number of ether oxygens (including phenoxy) is 1. The predicted octanol–water partition coefficient (Wildman–Crippen LogP) is 1.82. The summed E-state index contributed by atoms with van der Waals surface area (Å²) >= 11 is 0. The van der Waals surface area contributed by atoms with Crippen LogP contribution in [-0.4, -0.2) is 39.7 Å². The zero-order valence-electron chi connectivity index (χ0n) is 11.6. The van der Waals surface area contributed by atoms with Gasteiger partial charge >= 0.3 is 5.97 Å². The molecule has 0 aliphatic rings. The molecule has 0 aromatic carbocycles. The van der Waals surface area contributed by atoms with Crippen molar-refractivity contribution in [1.29, 1.82) is 0 Å². The van der Waals surface area contributed by atoms with Gasteiger partial charge in [0, 0.05) is 19.2 Å². The van der Waals surface area contributed by atoms with Crippen LogP contribution in [0.3, 0.4) is 0 Å². The number of methoxy groups -OCH3 is 1. The van der Waals surface area contributed by atoms with Gasteiger partial charge in [-0.2, -0.15) is 0 Å². The summed E-state index contributed by atoms with van der Waals surface area (Å²) in [7, 11) is 1.53. The molecule has 110 valence electrons. The first-order valence-electron chi connectivity index (χ1n) is 6.49. The van der Waals surface area contributed by atoms with Crippen LogP contribution in [0, 0.1) is 0 Å². The number of carbonyl (C=O) groups is 1. The number of hydrogen-bond donors (Lipinski definition) is 2. The molecular formula is C14H16N4O3. The highest BCUT2D eigenvalue weighted by Gasteiger charge is 2.09. The Bertz CT molecular complexity index is 604. The summed E-state index contributed by atoms with van der Waals surface area (Å²) in [5, 5.41) is 11.7. The SMILES string of the molecule is COc1cnc(-c2ccccn2)nc1NCCCC(=O)O. The molecule has 2 rings (SSSR count). The van der Waals surface area contributed by atoms with Crippen molar-refractivity contribution in [3.63, 3.8) is 0 Å². The smallest absolute Gasteiger partial charge is 0.303 e. The monoisotopic (exact) mass is 288 g/mol. The van der Waals surface area contributed by atoms with Crippen molar-refractivity contribution in [3.8, 4) is 17.3 Å². The highest BCUT2D eigenvalue weighted by Crippen LogP contribution is 2.23. The van der Waals surface area contributed by atoms with Crippen molar-refractivity contribution in [3.05, 3.63) is 30.6 Å². The molecule has 0 saturated heterocycles. The lowest BCUT2D eigenvalue weighted by Gasteiger charge is -2.10. The van der Waals surface area contributed by atoms with E-state index in [2.05, 4.69) is 20.3 Å². The summed E-state index contributed by atoms with van der Waals surface area (Å²) < 4.78 is 5.19. The van der Waals surface area contributed by atoms with Gasteiger partial charge in [0.25, 0.3) is 0 Å². The first-order valence-corrected chi connectivity index (χ1v) is 6.49. The van der Waals surface area contributed by atoms with Crippen LogP contribution in [0.4, 0.5) is 5.82 Å². The maximum Gasteiger partial charge on any atom is 0.303 e. The summed E-state index contributed by atoms with van der Waals surface area (Å²) in [5.74, 6) is 0.696. The average molecular weight is 288 g/mol. The maximum absolute atomic E-state index is 10.5. The predicted molar refractivity (Wildman–Crippen MR) is 77.2 cm³/mol. The summed E-state index contributed by atoms with van der Waals surface area (Å²) in [5.41, 5.74) is 0.661. The number of hydrogen-bond acceptors (Lipinski definition) is 6. The van der Waals surface area contributed by atoms with Gasteiger partial charge in [0.2, 0.25) is 0 Å². The van der Waals surface area contributed by atoms with E-state index in [-0.39, 0.29) is 6.42 Å². The molecule has 0 radical (unpaired) electrons. The number of anilines is 1. The fourth-order valence-corrected chi connectivity index (χ4v) is 1.71. The van der Waals surface area contributed by atoms with E-state index in [0.717, 1.165) is 0 Å². The third-order valence-corrected chi connectivity index (χ3v) is 2.73. The number of carboxylic acid groups (broad SMARTS) is 1. The second-order valence-corrected chi connectivity index (χ2v) is 4.25. The number of nitrogens with zero attached hydrogens (tertiary/aromatic N) is 3. The van der Waals surface area contributed by atoms with Crippen molar-refractivity contribution in [2.45, 2.75) is 12.8 Å². The average Bonchev–Trinajstić information content (AvgIpc) is 2.52. The van der Waals surface area contributed by atoms with E-state index in [1.807, 2.05) is 18.2 Å². The summed E-state index contributed by atoms with van der Waals surface area (Å²) in [6.07, 6.45) is 3.84. The molecule has 0 unspecified atom stereocenters. The van der Waals surface area contributed by atoms with E-state index in [1.165, 1.54) is 7.11 Å². The van der Waals surface area contributed by atoms with E-state index in [9.17, 15) is 4.79 Å². The Kier molecular flexibility index (Phi) is 5.03.